The van der Waals surface area contributed by atoms with E-state index < -0.39 is 0 Å². The van der Waals surface area contributed by atoms with Crippen LogP contribution >= 0.6 is 0 Å². The smallest absolute Gasteiger partial charge is 0.0709 e. The molecule has 2 nitrogen and oxygen atoms in total. The molecule has 1 unspecified atom stereocenters. The zero-order chi connectivity index (χ0) is 11.1. The molecule has 0 aliphatic carbocycles. The van der Waals surface area contributed by atoms with Gasteiger partial charge in [0.2, 0.25) is 0 Å². The topological polar surface area (TPSA) is 24.9 Å². The third-order valence-corrected chi connectivity index (χ3v) is 3.30. The third-order valence-electron chi connectivity index (χ3n) is 3.30. The van der Waals surface area contributed by atoms with Crippen molar-refractivity contribution in [3.05, 3.63) is 35.5 Å². The second-order valence-electron chi connectivity index (χ2n) is 4.74. The Morgan fingerprint density at radius 2 is 2.19 bits per heavy atom. The molecule has 1 aliphatic rings. The fourth-order valence-corrected chi connectivity index (χ4v) is 2.37. The van der Waals surface area contributed by atoms with Gasteiger partial charge in [0.15, 0.2) is 0 Å². The van der Waals surface area contributed by atoms with Gasteiger partial charge in [-0.05, 0) is 50.5 Å². The summed E-state index contributed by atoms with van der Waals surface area (Å²) in [6, 6.07) is 9.27. The van der Waals surface area contributed by atoms with E-state index in [0.717, 1.165) is 17.6 Å². The molecule has 0 spiro atoms. The van der Waals surface area contributed by atoms with Crippen molar-refractivity contribution in [1.29, 1.82) is 0 Å². The summed E-state index contributed by atoms with van der Waals surface area (Å²) in [5.74, 6) is 0. The van der Waals surface area contributed by atoms with Gasteiger partial charge in [-0.1, -0.05) is 6.07 Å². The molecule has 1 N–H and O–H groups in total. The SMILES string of the molecule is Cc1ccc2cc3c(cc2n1)CCC(C)N3. The van der Waals surface area contributed by atoms with Crippen molar-refractivity contribution in [3.63, 3.8) is 0 Å². The van der Waals surface area contributed by atoms with Crippen molar-refractivity contribution in [2.24, 2.45) is 0 Å². The molecule has 0 amide bonds. The van der Waals surface area contributed by atoms with Gasteiger partial charge in [0.05, 0.1) is 5.52 Å². The first-order valence-corrected chi connectivity index (χ1v) is 5.89. The summed E-state index contributed by atoms with van der Waals surface area (Å²) in [6.45, 7) is 4.28. The number of nitrogens with zero attached hydrogens (tertiary/aromatic N) is 1. The molecular weight excluding hydrogens is 196 g/mol. The van der Waals surface area contributed by atoms with E-state index in [-0.39, 0.29) is 0 Å². The Hall–Kier alpha value is -1.57. The molecule has 0 saturated carbocycles. The molecule has 0 bridgehead atoms. The van der Waals surface area contributed by atoms with Crippen LogP contribution in [0.5, 0.6) is 0 Å². The summed E-state index contributed by atoms with van der Waals surface area (Å²) in [7, 11) is 0. The fraction of sp³-hybridized carbons (Fsp3) is 0.357. The second kappa shape index (κ2) is 3.48. The monoisotopic (exact) mass is 212 g/mol. The lowest BCUT2D eigenvalue weighted by molar-refractivity contribution is 0.681. The van der Waals surface area contributed by atoms with E-state index in [0.29, 0.717) is 6.04 Å². The normalized spacial score (nSPS) is 19.2. The van der Waals surface area contributed by atoms with Gasteiger partial charge >= 0.3 is 0 Å². The summed E-state index contributed by atoms with van der Waals surface area (Å²) in [5, 5.41) is 4.77. The molecule has 0 saturated heterocycles. The van der Waals surface area contributed by atoms with E-state index in [1.54, 1.807) is 0 Å². The van der Waals surface area contributed by atoms with Crippen LogP contribution < -0.4 is 5.32 Å². The Morgan fingerprint density at radius 1 is 1.31 bits per heavy atom. The number of fused-ring (bicyclic) bond motifs is 2. The minimum absolute atomic E-state index is 0.586. The summed E-state index contributed by atoms with van der Waals surface area (Å²) in [5.41, 5.74) is 4.90. The number of aryl methyl sites for hydroxylation is 2. The number of nitrogens with one attached hydrogen (secondary N) is 1. The summed E-state index contributed by atoms with van der Waals surface area (Å²) >= 11 is 0. The van der Waals surface area contributed by atoms with Crippen molar-refractivity contribution in [2.45, 2.75) is 32.7 Å². The molecule has 2 heteroatoms. The highest BCUT2D eigenvalue weighted by atomic mass is 14.9. The average molecular weight is 212 g/mol. The van der Waals surface area contributed by atoms with E-state index in [4.69, 9.17) is 0 Å². The van der Waals surface area contributed by atoms with Crippen molar-refractivity contribution in [3.8, 4) is 0 Å². The van der Waals surface area contributed by atoms with Gasteiger partial charge in [-0.25, -0.2) is 0 Å². The Bertz CT molecular complexity index is 546. The molecular formula is C14H16N2. The first kappa shape index (κ1) is 9.64. The molecule has 2 aromatic rings. The lowest BCUT2D eigenvalue weighted by Gasteiger charge is -2.24. The molecule has 0 radical (unpaired) electrons. The van der Waals surface area contributed by atoms with Crippen LogP contribution in [0.4, 0.5) is 5.69 Å². The molecule has 2 heterocycles. The number of aromatic nitrogens is 1. The largest absolute Gasteiger partial charge is 0.382 e. The first-order valence-electron chi connectivity index (χ1n) is 5.89. The molecule has 1 aromatic carbocycles. The predicted octanol–water partition coefficient (Wildman–Crippen LogP) is 3.29. The summed E-state index contributed by atoms with van der Waals surface area (Å²) < 4.78 is 0. The molecule has 0 fully saturated rings. The standard InChI is InChI=1S/C14H16N2/c1-9-3-5-11-8-14-12(7-13(11)15-9)6-4-10(2)16-14/h3,5,7-8,10,16H,4,6H2,1-2H3. The van der Waals surface area contributed by atoms with Crippen LogP contribution in [0.1, 0.15) is 24.6 Å². The van der Waals surface area contributed by atoms with E-state index in [1.807, 2.05) is 6.92 Å². The van der Waals surface area contributed by atoms with Crippen molar-refractivity contribution in [1.82, 2.24) is 4.98 Å². The highest BCUT2D eigenvalue weighted by molar-refractivity contribution is 5.84. The Labute approximate surface area is 95.7 Å². The van der Waals surface area contributed by atoms with Crippen LogP contribution in [0.2, 0.25) is 0 Å². The third kappa shape index (κ3) is 1.54. The molecule has 82 valence electrons. The van der Waals surface area contributed by atoms with Gasteiger partial charge in [-0.3, -0.25) is 4.98 Å². The van der Waals surface area contributed by atoms with Crippen LogP contribution in [0.25, 0.3) is 10.9 Å². The quantitative estimate of drug-likeness (QED) is 0.724. The van der Waals surface area contributed by atoms with Gasteiger partial charge in [0.25, 0.3) is 0 Å². The molecule has 3 rings (SSSR count). The van der Waals surface area contributed by atoms with E-state index >= 15 is 0 Å². The second-order valence-corrected chi connectivity index (χ2v) is 4.74. The van der Waals surface area contributed by atoms with Crippen molar-refractivity contribution < 1.29 is 0 Å². The molecule has 16 heavy (non-hydrogen) atoms. The minimum atomic E-state index is 0.586. The highest BCUT2D eigenvalue weighted by Gasteiger charge is 2.14. The zero-order valence-electron chi connectivity index (χ0n) is 9.75. The lowest BCUT2D eigenvalue weighted by atomic mass is 9.97. The van der Waals surface area contributed by atoms with Gasteiger partial charge < -0.3 is 5.32 Å². The van der Waals surface area contributed by atoms with Gasteiger partial charge in [-0.2, -0.15) is 0 Å². The first-order chi connectivity index (χ1) is 7.72. The average Bonchev–Trinajstić information content (AvgIpc) is 2.26. The summed E-state index contributed by atoms with van der Waals surface area (Å²) in [6.07, 6.45) is 2.37. The highest BCUT2D eigenvalue weighted by Crippen LogP contribution is 2.28. The van der Waals surface area contributed by atoms with Crippen LogP contribution in [-0.2, 0) is 6.42 Å². The molecule has 1 atom stereocenters. The van der Waals surface area contributed by atoms with E-state index in [9.17, 15) is 0 Å². The maximum absolute atomic E-state index is 4.58. The van der Waals surface area contributed by atoms with Crippen molar-refractivity contribution in [2.75, 3.05) is 5.32 Å². The number of hydrogen-bond acceptors (Lipinski definition) is 2. The van der Waals surface area contributed by atoms with Gasteiger partial charge in [0.1, 0.15) is 0 Å². The predicted molar refractivity (Wildman–Crippen MR) is 67.9 cm³/mol. The zero-order valence-corrected chi connectivity index (χ0v) is 9.75. The number of benzene rings is 1. The fourth-order valence-electron chi connectivity index (χ4n) is 2.37. The van der Waals surface area contributed by atoms with Crippen molar-refractivity contribution >= 4 is 16.6 Å². The van der Waals surface area contributed by atoms with Gasteiger partial charge in [-0.15, -0.1) is 0 Å². The lowest BCUT2D eigenvalue weighted by Crippen LogP contribution is -2.21. The maximum atomic E-state index is 4.58. The Kier molecular flexibility index (Phi) is 2.10. The minimum Gasteiger partial charge on any atom is -0.382 e. The van der Waals surface area contributed by atoms with Crippen LogP contribution in [0.3, 0.4) is 0 Å². The maximum Gasteiger partial charge on any atom is 0.0709 e. The van der Waals surface area contributed by atoms with Crippen LogP contribution in [0, 0.1) is 6.92 Å². The number of anilines is 1. The van der Waals surface area contributed by atoms with Crippen LogP contribution in [-0.4, -0.2) is 11.0 Å². The number of pyridine rings is 1. The van der Waals surface area contributed by atoms with E-state index in [2.05, 4.69) is 41.5 Å². The molecule has 1 aromatic heterocycles. The molecule has 1 aliphatic heterocycles. The Morgan fingerprint density at radius 3 is 3.06 bits per heavy atom. The van der Waals surface area contributed by atoms with Gasteiger partial charge in [0, 0.05) is 22.8 Å². The Balaban J connectivity index is 2.19. The number of rotatable bonds is 0. The van der Waals surface area contributed by atoms with Crippen LogP contribution in [0.15, 0.2) is 24.3 Å². The van der Waals surface area contributed by atoms with E-state index in [1.165, 1.54) is 23.1 Å². The number of hydrogen-bond donors (Lipinski definition) is 1. The summed E-state index contributed by atoms with van der Waals surface area (Å²) in [4.78, 5) is 4.58.